The van der Waals surface area contributed by atoms with Crippen molar-refractivity contribution in [3.63, 3.8) is 0 Å². The lowest BCUT2D eigenvalue weighted by Crippen LogP contribution is -1.85. The maximum Gasteiger partial charge on any atom is 0.0662 e. The van der Waals surface area contributed by atoms with Gasteiger partial charge in [0.2, 0.25) is 0 Å². The van der Waals surface area contributed by atoms with Gasteiger partial charge in [0.05, 0.1) is 13.2 Å². The smallest absolute Gasteiger partial charge is 0.0662 e. The summed E-state index contributed by atoms with van der Waals surface area (Å²) in [5.41, 5.74) is 0. The Hall–Kier alpha value is -0.160. The van der Waals surface area contributed by atoms with E-state index in [-0.39, 0.29) is 25.9 Å². The molecule has 72 valence electrons. The van der Waals surface area contributed by atoms with Crippen molar-refractivity contribution in [1.29, 1.82) is 0 Å². The number of hydrogen-bond acceptors (Lipinski definition) is 4. The summed E-state index contributed by atoms with van der Waals surface area (Å²) in [7, 11) is 0. The third-order valence-electron chi connectivity index (χ3n) is 0.1000. The van der Waals surface area contributed by atoms with Crippen LogP contribution in [-0.2, 0) is 0 Å². The maximum atomic E-state index is 8.06. The van der Waals surface area contributed by atoms with Crippen molar-refractivity contribution in [3.05, 3.63) is 0 Å². The topological polar surface area (TPSA) is 80.9 Å². The van der Waals surface area contributed by atoms with Gasteiger partial charge in [-0.05, 0) is 20.8 Å². The van der Waals surface area contributed by atoms with Crippen LogP contribution < -0.4 is 0 Å². The molecule has 0 aliphatic heterocycles. The number of rotatable bonds is 1. The molecule has 0 amide bonds. The predicted octanol–water partition coefficient (Wildman–Crippen LogP) is -0.643. The van der Waals surface area contributed by atoms with Gasteiger partial charge in [-0.2, -0.15) is 0 Å². The van der Waals surface area contributed by atoms with E-state index in [1.54, 1.807) is 20.8 Å². The normalized spacial score (nSPS) is 7.64. The average Bonchev–Trinajstić information content (AvgIpc) is 1.88. The van der Waals surface area contributed by atoms with Crippen molar-refractivity contribution in [2.24, 2.45) is 0 Å². The molecule has 0 unspecified atom stereocenters. The highest BCUT2D eigenvalue weighted by Gasteiger charge is 1.69. The second-order valence-electron chi connectivity index (χ2n) is 1.86. The first kappa shape index (κ1) is 17.1. The molecule has 0 aromatic rings. The summed E-state index contributed by atoms with van der Waals surface area (Å²) in [6, 6.07) is 0. The van der Waals surface area contributed by atoms with Gasteiger partial charge >= 0.3 is 0 Å². The third kappa shape index (κ3) is 857. The van der Waals surface area contributed by atoms with Crippen LogP contribution in [0.5, 0.6) is 0 Å². The quantitative estimate of drug-likeness (QED) is 0.420. The highest BCUT2D eigenvalue weighted by molar-refractivity contribution is 4.20. The Labute approximate surface area is 68.1 Å². The first-order chi connectivity index (χ1) is 5.06. The van der Waals surface area contributed by atoms with Crippen molar-refractivity contribution < 1.29 is 20.4 Å². The van der Waals surface area contributed by atoms with Crippen LogP contribution in [0.2, 0.25) is 0 Å². The van der Waals surface area contributed by atoms with E-state index in [2.05, 4.69) is 0 Å². The van der Waals surface area contributed by atoms with Crippen LogP contribution in [0.25, 0.3) is 0 Å². The van der Waals surface area contributed by atoms with Crippen LogP contribution in [0.3, 0.4) is 0 Å². The van der Waals surface area contributed by atoms with Crippen LogP contribution in [0.15, 0.2) is 0 Å². The molecule has 0 saturated heterocycles. The minimum atomic E-state index is -0.167. The van der Waals surface area contributed by atoms with Crippen molar-refractivity contribution >= 4 is 0 Å². The largest absolute Gasteiger partial charge is 0.397 e. The summed E-state index contributed by atoms with van der Waals surface area (Å²) >= 11 is 0. The van der Waals surface area contributed by atoms with Gasteiger partial charge in [0, 0.05) is 12.7 Å². The van der Waals surface area contributed by atoms with Crippen molar-refractivity contribution in [1.82, 2.24) is 0 Å². The molecule has 4 N–H and O–H groups in total. The Balaban J connectivity index is -0.0000000886. The fourth-order valence-electron chi connectivity index (χ4n) is 0. The second-order valence-corrected chi connectivity index (χ2v) is 1.86. The van der Waals surface area contributed by atoms with E-state index in [4.69, 9.17) is 20.4 Å². The maximum absolute atomic E-state index is 8.06. The first-order valence-electron chi connectivity index (χ1n) is 3.57. The van der Waals surface area contributed by atoms with Gasteiger partial charge in [-0.15, -0.1) is 0 Å². The highest BCUT2D eigenvalue weighted by Crippen LogP contribution is 1.65. The van der Waals surface area contributed by atoms with Gasteiger partial charge in [-0.3, -0.25) is 0 Å². The zero-order valence-electron chi connectivity index (χ0n) is 7.49. The van der Waals surface area contributed by atoms with Gasteiger partial charge in [0.25, 0.3) is 0 Å². The summed E-state index contributed by atoms with van der Waals surface area (Å²) < 4.78 is 0. The average molecular weight is 168 g/mol. The van der Waals surface area contributed by atoms with Crippen LogP contribution in [0, 0.1) is 0 Å². The fourth-order valence-corrected chi connectivity index (χ4v) is 0. The van der Waals surface area contributed by atoms with Crippen LogP contribution in [0.4, 0.5) is 0 Å². The minimum Gasteiger partial charge on any atom is -0.397 e. The summed E-state index contributed by atoms with van der Waals surface area (Å²) in [5, 5.41) is 30.9. The minimum absolute atomic E-state index is 0.125. The molecule has 0 spiro atoms. The Morgan fingerprint density at radius 2 is 1.09 bits per heavy atom. The lowest BCUT2D eigenvalue weighted by molar-refractivity contribution is 0.186. The molecule has 0 bridgehead atoms. The van der Waals surface area contributed by atoms with Crippen LogP contribution in [0.1, 0.15) is 20.8 Å². The number of aliphatic hydroxyl groups is 4. The molecule has 4 nitrogen and oxygen atoms in total. The van der Waals surface area contributed by atoms with E-state index in [9.17, 15) is 0 Å². The molecule has 0 atom stereocenters. The van der Waals surface area contributed by atoms with Gasteiger partial charge in [-0.25, -0.2) is 0 Å². The molecule has 0 aliphatic carbocycles. The molecule has 0 radical (unpaired) electrons. The predicted molar refractivity (Wildman–Crippen MR) is 44.3 cm³/mol. The van der Waals surface area contributed by atoms with Crippen molar-refractivity contribution in [2.75, 3.05) is 19.8 Å². The summed E-state index contributed by atoms with van der Waals surface area (Å²) in [5.74, 6) is 0. The fraction of sp³-hybridized carbons (Fsp3) is 1.00. The van der Waals surface area contributed by atoms with E-state index in [0.717, 1.165) is 0 Å². The number of hydrogen-bond donors (Lipinski definition) is 4. The zero-order valence-corrected chi connectivity index (χ0v) is 7.49. The van der Waals surface area contributed by atoms with Crippen LogP contribution >= 0.6 is 0 Å². The Kier molecular flexibility index (Phi) is 35.0. The van der Waals surface area contributed by atoms with Crippen molar-refractivity contribution in [3.8, 4) is 0 Å². The molecule has 0 aromatic heterocycles. The molecule has 0 fully saturated rings. The first-order valence-corrected chi connectivity index (χ1v) is 3.57. The Morgan fingerprint density at radius 1 is 1.00 bits per heavy atom. The van der Waals surface area contributed by atoms with Gasteiger partial charge in [-0.1, -0.05) is 0 Å². The monoisotopic (exact) mass is 168 g/mol. The molecule has 0 rings (SSSR count). The Morgan fingerprint density at radius 3 is 1.09 bits per heavy atom. The summed E-state index contributed by atoms with van der Waals surface area (Å²) in [4.78, 5) is 0. The molecular formula is C7H20O4. The third-order valence-corrected chi connectivity index (χ3v) is 0.1000. The van der Waals surface area contributed by atoms with E-state index in [0.29, 0.717) is 0 Å². The second kappa shape index (κ2) is 22.5. The number of aliphatic hydroxyl groups excluding tert-OH is 4. The zero-order chi connectivity index (χ0) is 9.70. The van der Waals surface area contributed by atoms with E-state index < -0.39 is 0 Å². The molecule has 0 aliphatic rings. The van der Waals surface area contributed by atoms with Crippen LogP contribution in [-0.4, -0.2) is 46.4 Å². The van der Waals surface area contributed by atoms with Gasteiger partial charge in [0.1, 0.15) is 0 Å². The van der Waals surface area contributed by atoms with E-state index >= 15 is 0 Å². The van der Waals surface area contributed by atoms with Crippen molar-refractivity contribution in [2.45, 2.75) is 26.9 Å². The Bertz CT molecular complexity index is 34.7. The van der Waals surface area contributed by atoms with E-state index in [1.807, 2.05) is 0 Å². The molecule has 4 heteroatoms. The van der Waals surface area contributed by atoms with Gasteiger partial charge < -0.3 is 20.4 Å². The summed E-state index contributed by atoms with van der Waals surface area (Å²) in [6.45, 7) is 5.12. The molecule has 0 saturated carbocycles. The SMILES string of the molecule is CC(C)O.CCO.OCCO. The standard InChI is InChI=1S/C3H8O.C2H6O2.C2H6O/c1-3(2)4;3-1-2-4;1-2-3/h3-4H,1-2H3;3-4H,1-2H2;3H,2H2,1H3. The molecule has 0 aromatic carbocycles. The highest BCUT2D eigenvalue weighted by atomic mass is 16.3. The van der Waals surface area contributed by atoms with E-state index in [1.165, 1.54) is 0 Å². The molecular weight excluding hydrogens is 148 g/mol. The molecule has 11 heavy (non-hydrogen) atoms. The lowest BCUT2D eigenvalue weighted by atomic mass is 10.5. The lowest BCUT2D eigenvalue weighted by Gasteiger charge is -1.80. The summed E-state index contributed by atoms with van der Waals surface area (Å²) in [6.07, 6.45) is -0.167. The molecule has 0 heterocycles. The van der Waals surface area contributed by atoms with Gasteiger partial charge in [0.15, 0.2) is 0 Å².